The molecule has 54 heteroatoms. The predicted octanol–water partition coefficient (Wildman–Crippen LogP) is -16.1. The monoisotopic (exact) mass is 1670 g/mol. The Morgan fingerprint density at radius 3 is 1.44 bits per heavy atom. The number of nitrogens with one attached hydrogen (secondary N) is 6. The van der Waals surface area contributed by atoms with Gasteiger partial charge in [0.25, 0.3) is 0 Å². The van der Waals surface area contributed by atoms with Gasteiger partial charge >= 0.3 is 225 Å². The minimum Gasteiger partial charge on any atom is -0.744 e. The van der Waals surface area contributed by atoms with Crippen molar-refractivity contribution in [3.05, 3.63) is 136 Å². The van der Waals surface area contributed by atoms with Gasteiger partial charge in [-0.25, -0.2) is 74.2 Å². The molecule has 0 amide bonds. The van der Waals surface area contributed by atoms with E-state index in [2.05, 4.69) is 71.8 Å². The van der Waals surface area contributed by atoms with Crippen molar-refractivity contribution in [2.75, 3.05) is 58.1 Å². The minimum atomic E-state index is -5.59. The summed E-state index contributed by atoms with van der Waals surface area (Å²) in [6.45, 7) is -1.41. The molecule has 0 fully saturated rings. The largest absolute Gasteiger partial charge is 1.00 e. The number of carbonyl (C=O) groups is 2. The van der Waals surface area contributed by atoms with Gasteiger partial charge in [-0.2, -0.15) is 0 Å². The van der Waals surface area contributed by atoms with Crippen molar-refractivity contribution < 1.29 is 293 Å². The molecule has 0 saturated heterocycles. The van der Waals surface area contributed by atoms with Gasteiger partial charge < -0.3 is 78.6 Å². The third-order valence-electron chi connectivity index (χ3n) is 13.6. The number of rotatable bonds is 23. The number of hydrogen-bond acceptors (Lipinski definition) is 36. The van der Waals surface area contributed by atoms with Crippen molar-refractivity contribution in [1.29, 1.82) is 0 Å². The van der Waals surface area contributed by atoms with Gasteiger partial charge in [0, 0.05) is 19.6 Å². The summed E-state index contributed by atoms with van der Waals surface area (Å²) in [5, 5.41) is 33.5. The smallest absolute Gasteiger partial charge is 0.744 e. The molecule has 106 heavy (non-hydrogen) atoms. The SMILES string of the molecule is O=C(O)c1ccc[n+](-c2nc(NCCN=c3ccc4nc5c(Cl)c6c(c(Cl)c5oc-4c3S(=O)(=O)[O-])Nc3ccc(NCCNc4nc(Nc5cc(S(=O)(=O)[O-])ccc5S(=O)(=O)[O-])nc(-[n+]5cccc(C(=O)O)c5)n4)c(S(=O)(=O)[O-])c3O6)nc(Nc3cc(S(=O)(=O)[O-])ccc3S(=O)(=O)[O-])n2)c1.[Na+].[Na+].[Na+].[Na+].[Na+].[Na+]. The van der Waals surface area contributed by atoms with E-state index in [1.807, 2.05) is 0 Å². The van der Waals surface area contributed by atoms with E-state index in [4.69, 9.17) is 32.4 Å². The van der Waals surface area contributed by atoms with Crippen molar-refractivity contribution in [2.45, 2.75) is 29.4 Å². The Kier molecular flexibility index (Phi) is 31.5. The molecule has 0 bridgehead atoms. The van der Waals surface area contributed by atoms with Crippen LogP contribution >= 0.6 is 23.2 Å². The average Bonchev–Trinajstić information content (AvgIpc) is 0.722. The van der Waals surface area contributed by atoms with E-state index in [0.717, 1.165) is 39.7 Å². The fourth-order valence-electron chi connectivity index (χ4n) is 9.34. The van der Waals surface area contributed by atoms with E-state index in [1.54, 1.807) is 0 Å². The number of aromatic nitrogens is 9. The first-order valence-corrected chi connectivity index (χ1v) is 36.2. The van der Waals surface area contributed by atoms with Gasteiger partial charge in [0.1, 0.15) is 97.4 Å². The normalized spacial score (nSPS) is 12.1. The molecule has 4 aromatic carbocycles. The Hall–Kier alpha value is -4.60. The summed E-state index contributed by atoms with van der Waals surface area (Å²) in [5.74, 6) is -7.40. The molecule has 0 spiro atoms. The molecule has 3 aliphatic rings. The fraction of sp³-hybridized carbons (Fsp3) is 0.0769. The van der Waals surface area contributed by atoms with Gasteiger partial charge in [-0.3, -0.25) is 4.99 Å². The maximum absolute atomic E-state index is 13.2. The zero-order valence-corrected chi connectivity index (χ0v) is 73.2. The molecular weight excluding hydrogens is 1630 g/mol. The molecule has 2 aliphatic heterocycles. The molecule has 0 saturated carbocycles. The molecule has 1 aliphatic carbocycles. The number of nitrogens with zero attached hydrogens (tertiary/aromatic N) is 10. The molecule has 0 atom stereocenters. The number of carboxylic acids is 2. The first-order chi connectivity index (χ1) is 46.8. The summed E-state index contributed by atoms with van der Waals surface area (Å²) in [6.07, 6.45) is 4.69. The maximum atomic E-state index is 13.2. The number of fused-ring (bicyclic) bond motifs is 4. The summed E-state index contributed by atoms with van der Waals surface area (Å²) >= 11 is 13.7. The number of anilines is 9. The van der Waals surface area contributed by atoms with Crippen LogP contribution < -0.4 is 228 Å². The Bertz CT molecular complexity index is 5960. The van der Waals surface area contributed by atoms with Crippen LogP contribution in [0.1, 0.15) is 20.7 Å². The first-order valence-electron chi connectivity index (χ1n) is 27.0. The molecule has 0 unspecified atom stereocenters. The summed E-state index contributed by atoms with van der Waals surface area (Å²) in [4.78, 5) is 51.0. The second-order valence-electron chi connectivity index (χ2n) is 20.2. The molecule has 0 radical (unpaired) electrons. The molecule has 8 N–H and O–H groups in total. The van der Waals surface area contributed by atoms with Crippen molar-refractivity contribution in [2.24, 2.45) is 4.99 Å². The van der Waals surface area contributed by atoms with Crippen LogP contribution in [0, 0.1) is 0 Å². The van der Waals surface area contributed by atoms with E-state index >= 15 is 0 Å². The molecule has 8 aromatic rings. The molecule has 40 nitrogen and oxygen atoms in total. The number of benzene rings is 5. The quantitative estimate of drug-likeness (QED) is 0.00969. The molecule has 520 valence electrons. The molecule has 11 rings (SSSR count). The van der Waals surface area contributed by atoms with Crippen LogP contribution in [0.3, 0.4) is 0 Å². The first kappa shape index (κ1) is 92.0. The van der Waals surface area contributed by atoms with E-state index in [1.165, 1.54) is 42.7 Å². The molecule has 4 aromatic heterocycles. The minimum absolute atomic E-state index is 0. The van der Waals surface area contributed by atoms with Crippen LogP contribution in [-0.4, -0.2) is 161 Å². The van der Waals surface area contributed by atoms with Crippen LogP contribution in [0.15, 0.2) is 148 Å². The van der Waals surface area contributed by atoms with Crippen molar-refractivity contribution in [1.82, 2.24) is 34.9 Å². The second-order valence-corrected chi connectivity index (χ2v) is 29.0. The zero-order valence-electron chi connectivity index (χ0n) is 54.8. The van der Waals surface area contributed by atoms with Crippen molar-refractivity contribution >= 4 is 159 Å². The van der Waals surface area contributed by atoms with Crippen LogP contribution in [0.4, 0.5) is 52.2 Å². The number of halogens is 2. The van der Waals surface area contributed by atoms with Gasteiger partial charge in [-0.05, 0) is 105 Å². The van der Waals surface area contributed by atoms with Crippen LogP contribution in [0.5, 0.6) is 11.5 Å². The fourth-order valence-corrected chi connectivity index (χ4v) is 13.6. The standard InChI is InChI=1S/C52H38Cl2N16O24S6.6Na/c53-35-38-42(94-40-28(60-38)8-10-30(44(40)100(90,91)92)56-14-16-58-48-64-50(68-52(66-48)70-18-2-4-24(22-70)46(73)74)62-32-20-26(96(78,79)80)6-12-34(32)98(84,85)86)36(54)37-41(35)93-39-27(59-37)7-9-29(43(39)99(87,88)89)55-13-15-57-47-63-49(67-51(65-47)69-17-1-3-23(21-69)45(71)72)61-31-19-25(95(75,76)77)5-11-33(31)97(81,82)83;;;;;;/h1-12,17-22H,13-16H2,(H12-2,55,56,57,58,59,60,61,62,63,64,65,66,67,68,71,72,73,74,75,76,77,78,79,80,81,82,83,84,85,86,87,88,89,90,91,92);;;;;;/q;6*+1/p-4. The van der Waals surface area contributed by atoms with Gasteiger partial charge in [0.15, 0.2) is 22.8 Å². The summed E-state index contributed by atoms with van der Waals surface area (Å²) < 4.78 is 237. The third-order valence-corrected chi connectivity index (χ3v) is 19.5. The molecule has 6 heterocycles. The van der Waals surface area contributed by atoms with Crippen LogP contribution in [0.2, 0.25) is 10.0 Å². The van der Waals surface area contributed by atoms with Gasteiger partial charge in [-0.15, -0.1) is 9.97 Å². The Morgan fingerprint density at radius 1 is 0.509 bits per heavy atom. The molecular formula is C52H34Cl2N16Na6O24S6+2. The van der Waals surface area contributed by atoms with E-state index < -0.39 is 188 Å². The third kappa shape index (κ3) is 21.1. The van der Waals surface area contributed by atoms with E-state index in [0.29, 0.717) is 36.4 Å². The zero-order chi connectivity index (χ0) is 72.3. The summed E-state index contributed by atoms with van der Waals surface area (Å²) in [5.41, 5.74) is -4.22. The van der Waals surface area contributed by atoms with Gasteiger partial charge in [-0.1, -0.05) is 23.2 Å². The Labute approximate surface area is 740 Å². The number of carboxylic acid groups (broad SMARTS) is 2. The summed E-state index contributed by atoms with van der Waals surface area (Å²) in [7, 11) is -32.4. The predicted molar refractivity (Wildman–Crippen MR) is 330 cm³/mol. The number of aromatic carboxylic acids is 2. The van der Waals surface area contributed by atoms with Crippen molar-refractivity contribution in [3.8, 4) is 34.8 Å². The summed E-state index contributed by atoms with van der Waals surface area (Å²) in [6, 6.07) is 12.8. The number of pyridine rings is 2. The Balaban J connectivity index is 0.00000336. The van der Waals surface area contributed by atoms with Gasteiger partial charge in [0.2, 0.25) is 0 Å². The topological polar surface area (TPSA) is 623 Å². The van der Waals surface area contributed by atoms with E-state index in [-0.39, 0.29) is 242 Å². The number of hydrogen-bond donors (Lipinski definition) is 8. The maximum Gasteiger partial charge on any atom is 1.00 e. The van der Waals surface area contributed by atoms with Crippen LogP contribution in [-0.2, 0) is 60.7 Å². The average molecular weight is 1670 g/mol. The van der Waals surface area contributed by atoms with Crippen LogP contribution in [0.25, 0.3) is 34.5 Å². The van der Waals surface area contributed by atoms with E-state index in [9.17, 15) is 97.6 Å². The Morgan fingerprint density at radius 2 is 0.981 bits per heavy atom. The van der Waals surface area contributed by atoms with Gasteiger partial charge in [0.05, 0.1) is 90.1 Å². The van der Waals surface area contributed by atoms with Crippen molar-refractivity contribution in [3.63, 3.8) is 0 Å². The number of ether oxygens (including phenoxy) is 1. The second kappa shape index (κ2) is 36.3.